The van der Waals surface area contributed by atoms with Gasteiger partial charge in [-0.05, 0) is 34.9 Å². The number of aliphatic hydroxyl groups is 2. The molecule has 0 bridgehead atoms. The first-order valence-corrected chi connectivity index (χ1v) is 6.22. The van der Waals surface area contributed by atoms with E-state index in [-0.39, 0.29) is 22.1 Å². The fraction of sp³-hybridized carbons (Fsp3) is 0.600. The molecule has 0 fully saturated rings. The highest BCUT2D eigenvalue weighted by atomic mass is 16.5. The number of rotatable bonds is 3. The van der Waals surface area contributed by atoms with Gasteiger partial charge in [0.1, 0.15) is 5.75 Å². The predicted molar refractivity (Wildman–Crippen MR) is 72.4 cm³/mol. The summed E-state index contributed by atoms with van der Waals surface area (Å²) in [6.07, 6.45) is -0.679. The molecule has 18 heavy (non-hydrogen) atoms. The zero-order valence-electron chi connectivity index (χ0n) is 11.9. The van der Waals surface area contributed by atoms with Gasteiger partial charge in [-0.2, -0.15) is 0 Å². The summed E-state index contributed by atoms with van der Waals surface area (Å²) in [5.41, 5.74) is 1.25. The van der Waals surface area contributed by atoms with Crippen molar-refractivity contribution in [1.29, 1.82) is 0 Å². The van der Waals surface area contributed by atoms with E-state index in [1.54, 1.807) is 6.07 Å². The molecule has 1 aromatic carbocycles. The SMILES string of the molecule is CC(C)(C)CC(C)(C)c1ccc(O)c(C(O)O)c1. The van der Waals surface area contributed by atoms with E-state index in [0.717, 1.165) is 12.0 Å². The normalized spacial score (nSPS) is 13.1. The van der Waals surface area contributed by atoms with Crippen molar-refractivity contribution in [2.75, 3.05) is 0 Å². The number of hydrogen-bond acceptors (Lipinski definition) is 3. The lowest BCUT2D eigenvalue weighted by Gasteiger charge is -2.33. The molecule has 0 aliphatic rings. The van der Waals surface area contributed by atoms with Crippen molar-refractivity contribution < 1.29 is 15.3 Å². The molecular formula is C15H24O3. The van der Waals surface area contributed by atoms with Crippen LogP contribution in [0.3, 0.4) is 0 Å². The van der Waals surface area contributed by atoms with Crippen LogP contribution in [-0.2, 0) is 5.41 Å². The molecule has 102 valence electrons. The number of aliphatic hydroxyl groups excluding tert-OH is 1. The highest BCUT2D eigenvalue weighted by Crippen LogP contribution is 2.38. The Balaban J connectivity index is 3.13. The van der Waals surface area contributed by atoms with Gasteiger partial charge in [-0.1, -0.05) is 40.7 Å². The molecule has 0 saturated carbocycles. The molecule has 0 spiro atoms. The smallest absolute Gasteiger partial charge is 0.182 e. The fourth-order valence-electron chi connectivity index (χ4n) is 2.61. The fourth-order valence-corrected chi connectivity index (χ4v) is 2.61. The molecule has 0 aliphatic heterocycles. The zero-order valence-corrected chi connectivity index (χ0v) is 11.9. The molecule has 3 nitrogen and oxygen atoms in total. The molecule has 0 unspecified atom stereocenters. The quantitative estimate of drug-likeness (QED) is 0.724. The van der Waals surface area contributed by atoms with E-state index in [2.05, 4.69) is 34.6 Å². The first-order valence-electron chi connectivity index (χ1n) is 6.22. The summed E-state index contributed by atoms with van der Waals surface area (Å²) in [6, 6.07) is 5.03. The summed E-state index contributed by atoms with van der Waals surface area (Å²) in [7, 11) is 0. The average Bonchev–Trinajstić information content (AvgIpc) is 2.13. The average molecular weight is 252 g/mol. The van der Waals surface area contributed by atoms with Crippen LogP contribution in [0.1, 0.15) is 58.5 Å². The van der Waals surface area contributed by atoms with Crippen LogP contribution in [0.4, 0.5) is 0 Å². The van der Waals surface area contributed by atoms with E-state index in [1.807, 2.05) is 6.07 Å². The summed E-state index contributed by atoms with van der Waals surface area (Å²) in [6.45, 7) is 10.8. The van der Waals surface area contributed by atoms with E-state index in [9.17, 15) is 15.3 Å². The lowest BCUT2D eigenvalue weighted by Crippen LogP contribution is -2.25. The molecule has 0 aliphatic carbocycles. The van der Waals surface area contributed by atoms with Crippen molar-refractivity contribution in [2.24, 2.45) is 5.41 Å². The monoisotopic (exact) mass is 252 g/mol. The Morgan fingerprint density at radius 2 is 1.61 bits per heavy atom. The molecule has 1 rings (SSSR count). The van der Waals surface area contributed by atoms with Gasteiger partial charge in [0.25, 0.3) is 0 Å². The molecule has 0 aromatic heterocycles. The summed E-state index contributed by atoms with van der Waals surface area (Å²) < 4.78 is 0. The standard InChI is InChI=1S/C15H24O3/c1-14(2,3)9-15(4,5)10-6-7-12(16)11(8-10)13(17)18/h6-8,13,16-18H,9H2,1-5H3. The van der Waals surface area contributed by atoms with Crippen LogP contribution in [0.15, 0.2) is 18.2 Å². The van der Waals surface area contributed by atoms with Crippen LogP contribution in [0.25, 0.3) is 0 Å². The van der Waals surface area contributed by atoms with Gasteiger partial charge in [-0.15, -0.1) is 0 Å². The van der Waals surface area contributed by atoms with E-state index in [0.29, 0.717) is 0 Å². The third kappa shape index (κ3) is 3.72. The van der Waals surface area contributed by atoms with E-state index < -0.39 is 6.29 Å². The third-order valence-corrected chi connectivity index (χ3v) is 3.06. The maximum absolute atomic E-state index is 9.58. The number of phenols is 1. The molecule has 3 N–H and O–H groups in total. The van der Waals surface area contributed by atoms with Gasteiger partial charge in [0.2, 0.25) is 0 Å². The maximum Gasteiger partial charge on any atom is 0.182 e. The van der Waals surface area contributed by atoms with Crippen LogP contribution < -0.4 is 0 Å². The van der Waals surface area contributed by atoms with Crippen LogP contribution in [0, 0.1) is 5.41 Å². The Morgan fingerprint density at radius 3 is 2.06 bits per heavy atom. The van der Waals surface area contributed by atoms with Gasteiger partial charge in [-0.3, -0.25) is 0 Å². The minimum Gasteiger partial charge on any atom is -0.507 e. The Kier molecular flexibility index (Phi) is 4.08. The highest BCUT2D eigenvalue weighted by molar-refractivity contribution is 5.39. The van der Waals surface area contributed by atoms with Gasteiger partial charge in [0, 0.05) is 5.56 Å². The van der Waals surface area contributed by atoms with Gasteiger partial charge in [-0.25, -0.2) is 0 Å². The van der Waals surface area contributed by atoms with Crippen molar-refractivity contribution in [3.05, 3.63) is 29.3 Å². The Hall–Kier alpha value is -1.06. The Morgan fingerprint density at radius 1 is 1.06 bits per heavy atom. The number of phenolic OH excluding ortho intramolecular Hbond substituents is 1. The molecule has 1 aromatic rings. The summed E-state index contributed by atoms with van der Waals surface area (Å²) >= 11 is 0. The topological polar surface area (TPSA) is 60.7 Å². The van der Waals surface area contributed by atoms with Crippen molar-refractivity contribution in [3.8, 4) is 5.75 Å². The van der Waals surface area contributed by atoms with Gasteiger partial charge < -0.3 is 15.3 Å². The van der Waals surface area contributed by atoms with Crippen LogP contribution in [0.5, 0.6) is 5.75 Å². The van der Waals surface area contributed by atoms with E-state index in [4.69, 9.17) is 0 Å². The highest BCUT2D eigenvalue weighted by Gasteiger charge is 2.28. The lowest BCUT2D eigenvalue weighted by atomic mass is 9.72. The summed E-state index contributed by atoms with van der Waals surface area (Å²) in [5, 5.41) is 28.0. The summed E-state index contributed by atoms with van der Waals surface area (Å²) in [5.74, 6) is -0.0830. The van der Waals surface area contributed by atoms with Crippen molar-refractivity contribution in [2.45, 2.75) is 52.7 Å². The number of aromatic hydroxyl groups is 1. The number of benzene rings is 1. The zero-order chi connectivity index (χ0) is 14.1. The van der Waals surface area contributed by atoms with Gasteiger partial charge in [0.15, 0.2) is 6.29 Å². The Labute approximate surface area is 109 Å². The molecule has 0 saturated heterocycles. The molecule has 0 atom stereocenters. The molecule has 0 amide bonds. The van der Waals surface area contributed by atoms with Crippen molar-refractivity contribution >= 4 is 0 Å². The van der Waals surface area contributed by atoms with Gasteiger partial charge in [0.05, 0.1) is 0 Å². The number of hydrogen-bond donors (Lipinski definition) is 3. The van der Waals surface area contributed by atoms with Crippen LogP contribution in [-0.4, -0.2) is 15.3 Å². The van der Waals surface area contributed by atoms with Crippen LogP contribution in [0.2, 0.25) is 0 Å². The van der Waals surface area contributed by atoms with E-state index >= 15 is 0 Å². The minimum absolute atomic E-state index is 0.0830. The molecule has 0 radical (unpaired) electrons. The Bertz CT molecular complexity index is 414. The van der Waals surface area contributed by atoms with Crippen molar-refractivity contribution in [3.63, 3.8) is 0 Å². The second-order valence-corrected chi connectivity index (χ2v) is 6.77. The van der Waals surface area contributed by atoms with Gasteiger partial charge >= 0.3 is 0 Å². The maximum atomic E-state index is 9.58. The first-order chi connectivity index (χ1) is 8.03. The molecular weight excluding hydrogens is 228 g/mol. The summed E-state index contributed by atoms with van der Waals surface area (Å²) in [4.78, 5) is 0. The van der Waals surface area contributed by atoms with Crippen molar-refractivity contribution in [1.82, 2.24) is 0 Å². The largest absolute Gasteiger partial charge is 0.507 e. The second kappa shape index (κ2) is 4.90. The minimum atomic E-state index is -1.64. The predicted octanol–water partition coefficient (Wildman–Crippen LogP) is 3.09. The third-order valence-electron chi connectivity index (χ3n) is 3.06. The molecule has 3 heteroatoms. The second-order valence-electron chi connectivity index (χ2n) is 6.77. The lowest BCUT2D eigenvalue weighted by molar-refractivity contribution is -0.0439. The van der Waals surface area contributed by atoms with Crippen LogP contribution >= 0.6 is 0 Å². The van der Waals surface area contributed by atoms with E-state index in [1.165, 1.54) is 6.07 Å². The first kappa shape index (κ1) is 15.0. The molecule has 0 heterocycles.